The number of alkyl halides is 4. The average molecular weight is 441 g/mol. The Labute approximate surface area is 178 Å². The van der Waals surface area contributed by atoms with Gasteiger partial charge in [0.25, 0.3) is 0 Å². The molecule has 1 saturated carbocycles. The highest BCUT2D eigenvalue weighted by molar-refractivity contribution is 5.57. The number of rotatable bonds is 5. The lowest BCUT2D eigenvalue weighted by Crippen LogP contribution is -2.47. The van der Waals surface area contributed by atoms with Crippen molar-refractivity contribution in [1.29, 1.82) is 0 Å². The monoisotopic (exact) mass is 441 g/mol. The van der Waals surface area contributed by atoms with Crippen molar-refractivity contribution in [1.82, 2.24) is 24.6 Å². The molecule has 0 aromatic carbocycles. The van der Waals surface area contributed by atoms with E-state index in [0.717, 1.165) is 31.5 Å². The van der Waals surface area contributed by atoms with Crippen LogP contribution in [0.3, 0.4) is 0 Å². The largest absolute Gasteiger partial charge is 0.451 e. The average Bonchev–Trinajstić information content (AvgIpc) is 3.41. The zero-order chi connectivity index (χ0) is 22.2. The first kappa shape index (κ1) is 22.1. The molecule has 2 aromatic heterocycles. The van der Waals surface area contributed by atoms with Crippen LogP contribution in [0.25, 0.3) is 11.3 Å². The van der Waals surface area contributed by atoms with Crippen LogP contribution in [0, 0.1) is 0 Å². The summed E-state index contributed by atoms with van der Waals surface area (Å²) in [5.41, 5.74) is 2.11. The van der Waals surface area contributed by atoms with Crippen LogP contribution in [0.4, 0.5) is 17.6 Å². The molecule has 1 aliphatic heterocycles. The third-order valence-corrected chi connectivity index (χ3v) is 6.14. The van der Waals surface area contributed by atoms with E-state index < -0.39 is 18.7 Å². The molecule has 4 rings (SSSR count). The van der Waals surface area contributed by atoms with Crippen molar-refractivity contribution in [3.63, 3.8) is 0 Å². The lowest BCUT2D eigenvalue weighted by atomic mass is 10.0. The van der Waals surface area contributed by atoms with Crippen molar-refractivity contribution >= 4 is 0 Å². The summed E-state index contributed by atoms with van der Waals surface area (Å²) < 4.78 is 58.7. The Morgan fingerprint density at radius 2 is 1.94 bits per heavy atom. The predicted octanol–water partition coefficient (Wildman–Crippen LogP) is 4.25. The maximum atomic E-state index is 13.0. The minimum atomic E-state index is -4.57. The molecule has 0 radical (unpaired) electrons. The minimum Gasteiger partial charge on any atom is -0.373 e. The van der Waals surface area contributed by atoms with Gasteiger partial charge in [0.2, 0.25) is 5.82 Å². The highest BCUT2D eigenvalue weighted by Crippen LogP contribution is 2.39. The molecule has 170 valence electrons. The first-order chi connectivity index (χ1) is 14.8. The van der Waals surface area contributed by atoms with Crippen molar-refractivity contribution in [3.05, 3.63) is 30.0 Å². The summed E-state index contributed by atoms with van der Waals surface area (Å²) in [6.07, 6.45) is 0.389. The second kappa shape index (κ2) is 8.82. The Kier molecular flexibility index (Phi) is 6.30. The van der Waals surface area contributed by atoms with Gasteiger partial charge >= 0.3 is 6.18 Å². The van der Waals surface area contributed by atoms with Gasteiger partial charge in [-0.3, -0.25) is 9.58 Å². The third-order valence-electron chi connectivity index (χ3n) is 6.14. The predicted molar refractivity (Wildman–Crippen MR) is 106 cm³/mol. The van der Waals surface area contributed by atoms with Crippen LogP contribution in [0.5, 0.6) is 0 Å². The molecule has 10 heteroatoms. The SMILES string of the molecule is CC(C)n1nc(-c2cnc(C(F)(F)F)nc2)cc1[C@H]1CC[C@H](N2CCO[C@H](CF)C2)C1. The molecule has 0 unspecified atom stereocenters. The highest BCUT2D eigenvalue weighted by atomic mass is 19.4. The Hall–Kier alpha value is -2.07. The van der Waals surface area contributed by atoms with E-state index in [1.54, 1.807) is 0 Å². The molecule has 3 heterocycles. The van der Waals surface area contributed by atoms with Gasteiger partial charge in [-0.1, -0.05) is 0 Å². The Balaban J connectivity index is 1.53. The van der Waals surface area contributed by atoms with E-state index in [2.05, 4.69) is 20.0 Å². The summed E-state index contributed by atoms with van der Waals surface area (Å²) in [5.74, 6) is -0.869. The summed E-state index contributed by atoms with van der Waals surface area (Å²) in [7, 11) is 0. The molecule has 6 nitrogen and oxygen atoms in total. The van der Waals surface area contributed by atoms with Crippen molar-refractivity contribution in [2.24, 2.45) is 0 Å². The van der Waals surface area contributed by atoms with Gasteiger partial charge in [-0.05, 0) is 39.2 Å². The van der Waals surface area contributed by atoms with Crippen LogP contribution in [-0.4, -0.2) is 63.2 Å². The topological polar surface area (TPSA) is 56.1 Å². The zero-order valence-corrected chi connectivity index (χ0v) is 17.6. The second-order valence-electron chi connectivity index (χ2n) is 8.59. The zero-order valence-electron chi connectivity index (χ0n) is 17.6. The van der Waals surface area contributed by atoms with E-state index in [0.29, 0.717) is 30.5 Å². The maximum Gasteiger partial charge on any atom is 0.451 e. The molecule has 0 N–H and O–H groups in total. The molecule has 0 amide bonds. The van der Waals surface area contributed by atoms with Gasteiger partial charge in [0.1, 0.15) is 6.67 Å². The van der Waals surface area contributed by atoms with Gasteiger partial charge in [-0.2, -0.15) is 18.3 Å². The summed E-state index contributed by atoms with van der Waals surface area (Å²) >= 11 is 0. The van der Waals surface area contributed by atoms with Crippen LogP contribution in [0.2, 0.25) is 0 Å². The molecule has 2 aliphatic rings. The number of hydrogen-bond donors (Lipinski definition) is 0. The van der Waals surface area contributed by atoms with Crippen LogP contribution in [0.15, 0.2) is 18.5 Å². The lowest BCUT2D eigenvalue weighted by molar-refractivity contribution is -0.144. The van der Waals surface area contributed by atoms with Gasteiger partial charge in [0.05, 0.1) is 18.4 Å². The van der Waals surface area contributed by atoms with E-state index in [4.69, 9.17) is 4.74 Å². The summed E-state index contributed by atoms with van der Waals surface area (Å²) in [5, 5.41) is 4.65. The smallest absolute Gasteiger partial charge is 0.373 e. The van der Waals surface area contributed by atoms with Gasteiger partial charge < -0.3 is 4.74 Å². The fraction of sp³-hybridized carbons (Fsp3) is 0.667. The quantitative estimate of drug-likeness (QED) is 0.650. The number of halogens is 4. The summed E-state index contributed by atoms with van der Waals surface area (Å²) in [6.45, 7) is 5.58. The number of morpholine rings is 1. The van der Waals surface area contributed by atoms with E-state index in [1.165, 1.54) is 12.4 Å². The second-order valence-corrected chi connectivity index (χ2v) is 8.59. The van der Waals surface area contributed by atoms with Crippen LogP contribution in [-0.2, 0) is 10.9 Å². The molecule has 2 fully saturated rings. The molecule has 1 aliphatic carbocycles. The van der Waals surface area contributed by atoms with E-state index in [9.17, 15) is 17.6 Å². The normalized spacial score (nSPS) is 25.5. The fourth-order valence-corrected chi connectivity index (χ4v) is 4.60. The summed E-state index contributed by atoms with van der Waals surface area (Å²) in [6, 6.07) is 2.43. The standard InChI is InChI=1S/C21H27F4N5O/c1-13(2)30-19(8-18(28-30)15-10-26-20(27-11-15)21(23,24)25)14-3-4-16(7-14)29-5-6-31-17(9-22)12-29/h8,10-11,13-14,16-17H,3-7,9,12H2,1-2H3/t14-,16-,17+/m0/s1. The van der Waals surface area contributed by atoms with Crippen LogP contribution in [0.1, 0.15) is 56.6 Å². The minimum absolute atomic E-state index is 0.109. The Bertz CT molecular complexity index is 883. The first-order valence-corrected chi connectivity index (χ1v) is 10.7. The fourth-order valence-electron chi connectivity index (χ4n) is 4.60. The summed E-state index contributed by atoms with van der Waals surface area (Å²) in [4.78, 5) is 9.25. The van der Waals surface area contributed by atoms with Gasteiger partial charge in [0, 0.05) is 54.7 Å². The maximum absolute atomic E-state index is 13.0. The molecule has 0 bridgehead atoms. The van der Waals surface area contributed by atoms with E-state index in [1.807, 2.05) is 24.6 Å². The van der Waals surface area contributed by atoms with Crippen LogP contribution < -0.4 is 0 Å². The molecule has 2 aromatic rings. The highest BCUT2D eigenvalue weighted by Gasteiger charge is 2.36. The molecule has 3 atom stereocenters. The van der Waals surface area contributed by atoms with Gasteiger partial charge in [0.15, 0.2) is 0 Å². The number of hydrogen-bond acceptors (Lipinski definition) is 5. The third kappa shape index (κ3) is 4.74. The van der Waals surface area contributed by atoms with Gasteiger partial charge in [-0.15, -0.1) is 0 Å². The van der Waals surface area contributed by atoms with Crippen molar-refractivity contribution < 1.29 is 22.3 Å². The number of aromatic nitrogens is 4. The number of nitrogens with zero attached hydrogens (tertiary/aromatic N) is 5. The molecular weight excluding hydrogens is 414 g/mol. The number of ether oxygens (including phenoxy) is 1. The molecule has 0 spiro atoms. The lowest BCUT2D eigenvalue weighted by Gasteiger charge is -2.36. The van der Waals surface area contributed by atoms with E-state index >= 15 is 0 Å². The Morgan fingerprint density at radius 3 is 2.58 bits per heavy atom. The van der Waals surface area contributed by atoms with Crippen molar-refractivity contribution in [3.8, 4) is 11.3 Å². The van der Waals surface area contributed by atoms with Crippen molar-refractivity contribution in [2.45, 2.75) is 63.4 Å². The Morgan fingerprint density at radius 1 is 1.19 bits per heavy atom. The molecule has 1 saturated heterocycles. The van der Waals surface area contributed by atoms with Crippen molar-refractivity contribution in [2.75, 3.05) is 26.4 Å². The van der Waals surface area contributed by atoms with Gasteiger partial charge in [-0.25, -0.2) is 14.4 Å². The first-order valence-electron chi connectivity index (χ1n) is 10.7. The van der Waals surface area contributed by atoms with E-state index in [-0.39, 0.29) is 18.1 Å². The molecule has 31 heavy (non-hydrogen) atoms. The van der Waals surface area contributed by atoms with Crippen LogP contribution >= 0.6 is 0 Å². The molecular formula is C21H27F4N5O.